The molecule has 1 heterocycles. The molecule has 0 aliphatic rings. The standard InChI is InChI=1S/C14H13BrCl2N4O2/c1-21-14(23)12(15)11(7-20-21)18-4-5-19-13(22)8-2-3-9(16)10(17)6-8/h2-3,6-7,18H,4-5H2,1H3,(H,19,22). The van der Waals surface area contributed by atoms with Gasteiger partial charge in [-0.1, -0.05) is 23.2 Å². The Balaban J connectivity index is 1.88. The van der Waals surface area contributed by atoms with Crippen molar-refractivity contribution in [1.82, 2.24) is 15.1 Å². The second kappa shape index (κ2) is 7.81. The predicted molar refractivity (Wildman–Crippen MR) is 94.5 cm³/mol. The molecule has 9 heteroatoms. The zero-order chi connectivity index (χ0) is 17.0. The van der Waals surface area contributed by atoms with E-state index in [1.54, 1.807) is 19.2 Å². The molecule has 23 heavy (non-hydrogen) atoms. The van der Waals surface area contributed by atoms with Gasteiger partial charge in [0.05, 0.1) is 21.9 Å². The molecule has 2 aromatic rings. The molecule has 6 nitrogen and oxygen atoms in total. The SMILES string of the molecule is Cn1ncc(NCCNC(=O)c2ccc(Cl)c(Cl)c2)c(Br)c1=O. The fourth-order valence-corrected chi connectivity index (χ4v) is 2.54. The quantitative estimate of drug-likeness (QED) is 0.730. The Labute approximate surface area is 150 Å². The van der Waals surface area contributed by atoms with Crippen LogP contribution in [0.15, 0.2) is 33.7 Å². The summed E-state index contributed by atoms with van der Waals surface area (Å²) in [6, 6.07) is 4.67. The van der Waals surface area contributed by atoms with Crippen molar-refractivity contribution in [2.24, 2.45) is 7.05 Å². The normalized spacial score (nSPS) is 10.4. The van der Waals surface area contributed by atoms with Crippen molar-refractivity contribution in [3.8, 4) is 0 Å². The summed E-state index contributed by atoms with van der Waals surface area (Å²) in [6.07, 6.45) is 1.53. The van der Waals surface area contributed by atoms with Gasteiger partial charge in [-0.25, -0.2) is 4.68 Å². The summed E-state index contributed by atoms with van der Waals surface area (Å²) in [5.74, 6) is -0.258. The molecule has 0 radical (unpaired) electrons. The van der Waals surface area contributed by atoms with E-state index in [2.05, 4.69) is 31.7 Å². The first-order valence-corrected chi connectivity index (χ1v) is 8.14. The molecule has 0 spiro atoms. The minimum absolute atomic E-state index is 0.241. The van der Waals surface area contributed by atoms with Gasteiger partial charge >= 0.3 is 0 Å². The number of anilines is 1. The van der Waals surface area contributed by atoms with E-state index in [0.717, 1.165) is 0 Å². The predicted octanol–water partition coefficient (Wildman–Crippen LogP) is 2.69. The van der Waals surface area contributed by atoms with Crippen molar-refractivity contribution in [3.05, 3.63) is 54.8 Å². The third-order valence-corrected chi connectivity index (χ3v) is 4.49. The summed E-state index contributed by atoms with van der Waals surface area (Å²) < 4.78 is 1.62. The molecule has 0 saturated carbocycles. The van der Waals surface area contributed by atoms with Gasteiger partial charge in [0.25, 0.3) is 11.5 Å². The molecule has 0 fully saturated rings. The zero-order valence-corrected chi connectivity index (χ0v) is 15.2. The van der Waals surface area contributed by atoms with E-state index in [4.69, 9.17) is 23.2 Å². The summed E-state index contributed by atoms with van der Waals surface area (Å²) in [5.41, 5.74) is 0.752. The van der Waals surface area contributed by atoms with Gasteiger partial charge in [-0.3, -0.25) is 9.59 Å². The Morgan fingerprint density at radius 1 is 1.30 bits per heavy atom. The number of carbonyl (C=O) groups is 1. The second-order valence-corrected chi connectivity index (χ2v) is 6.22. The van der Waals surface area contributed by atoms with Crippen LogP contribution in [0.3, 0.4) is 0 Å². The minimum atomic E-state index is -0.258. The van der Waals surface area contributed by atoms with E-state index in [0.29, 0.717) is 38.9 Å². The molecule has 0 saturated heterocycles. The molecular weight excluding hydrogens is 407 g/mol. The minimum Gasteiger partial charge on any atom is -0.381 e. The first-order valence-electron chi connectivity index (χ1n) is 6.59. The van der Waals surface area contributed by atoms with Crippen molar-refractivity contribution in [2.45, 2.75) is 0 Å². The topological polar surface area (TPSA) is 76.0 Å². The highest BCUT2D eigenvalue weighted by atomic mass is 79.9. The first-order chi connectivity index (χ1) is 10.9. The summed E-state index contributed by atoms with van der Waals surface area (Å²) in [6.45, 7) is 0.793. The number of benzene rings is 1. The van der Waals surface area contributed by atoms with Gasteiger partial charge in [-0.2, -0.15) is 5.10 Å². The lowest BCUT2D eigenvalue weighted by Crippen LogP contribution is -2.29. The van der Waals surface area contributed by atoms with E-state index in [1.165, 1.54) is 16.9 Å². The lowest BCUT2D eigenvalue weighted by molar-refractivity contribution is 0.0955. The number of amides is 1. The highest BCUT2D eigenvalue weighted by molar-refractivity contribution is 9.10. The van der Waals surface area contributed by atoms with Gasteiger partial charge in [-0.05, 0) is 34.1 Å². The van der Waals surface area contributed by atoms with E-state index >= 15 is 0 Å². The van der Waals surface area contributed by atoms with E-state index < -0.39 is 0 Å². The third-order valence-electron chi connectivity index (χ3n) is 2.99. The van der Waals surface area contributed by atoms with Crippen molar-refractivity contribution in [2.75, 3.05) is 18.4 Å². The van der Waals surface area contributed by atoms with Crippen LogP contribution >= 0.6 is 39.1 Å². The largest absolute Gasteiger partial charge is 0.381 e. The lowest BCUT2D eigenvalue weighted by Gasteiger charge is -2.10. The second-order valence-electron chi connectivity index (χ2n) is 4.61. The third kappa shape index (κ3) is 4.46. The van der Waals surface area contributed by atoms with Gasteiger partial charge in [0, 0.05) is 25.7 Å². The smallest absolute Gasteiger partial charge is 0.282 e. The number of aromatic nitrogens is 2. The molecular formula is C14H13BrCl2N4O2. The maximum Gasteiger partial charge on any atom is 0.282 e. The summed E-state index contributed by atoms with van der Waals surface area (Å²) in [4.78, 5) is 23.7. The Kier molecular flexibility index (Phi) is 6.04. The van der Waals surface area contributed by atoms with Crippen LogP contribution in [0.4, 0.5) is 5.69 Å². The molecule has 0 bridgehead atoms. The molecule has 122 valence electrons. The van der Waals surface area contributed by atoms with E-state index in [1.807, 2.05) is 0 Å². The average Bonchev–Trinajstić information content (AvgIpc) is 2.53. The monoisotopic (exact) mass is 418 g/mol. The Morgan fingerprint density at radius 2 is 2.04 bits per heavy atom. The van der Waals surface area contributed by atoms with Gasteiger partial charge in [0.15, 0.2) is 0 Å². The Bertz CT molecular complexity index is 795. The molecule has 0 aliphatic heterocycles. The van der Waals surface area contributed by atoms with Crippen LogP contribution in [-0.4, -0.2) is 28.8 Å². The number of carbonyl (C=O) groups excluding carboxylic acids is 1. The number of aryl methyl sites for hydroxylation is 1. The number of nitrogens with zero attached hydrogens (tertiary/aromatic N) is 2. The Morgan fingerprint density at radius 3 is 2.74 bits per heavy atom. The maximum absolute atomic E-state index is 12.0. The molecule has 2 N–H and O–H groups in total. The zero-order valence-electron chi connectivity index (χ0n) is 12.1. The fourth-order valence-electron chi connectivity index (χ4n) is 1.75. The average molecular weight is 420 g/mol. The highest BCUT2D eigenvalue weighted by Crippen LogP contribution is 2.22. The van der Waals surface area contributed by atoms with Gasteiger partial charge < -0.3 is 10.6 Å². The van der Waals surface area contributed by atoms with Crippen LogP contribution in [0.5, 0.6) is 0 Å². The number of halogens is 3. The summed E-state index contributed by atoms with van der Waals surface area (Å²) >= 11 is 14.9. The van der Waals surface area contributed by atoms with Crippen LogP contribution in [0.25, 0.3) is 0 Å². The van der Waals surface area contributed by atoms with Crippen molar-refractivity contribution in [1.29, 1.82) is 0 Å². The fraction of sp³-hybridized carbons (Fsp3) is 0.214. The molecule has 2 rings (SSSR count). The van der Waals surface area contributed by atoms with Crippen LogP contribution in [0.2, 0.25) is 10.0 Å². The van der Waals surface area contributed by atoms with Crippen LogP contribution < -0.4 is 16.2 Å². The molecule has 0 aliphatic carbocycles. The van der Waals surface area contributed by atoms with Crippen LogP contribution in [0.1, 0.15) is 10.4 Å². The van der Waals surface area contributed by atoms with Crippen molar-refractivity contribution in [3.63, 3.8) is 0 Å². The van der Waals surface area contributed by atoms with Gasteiger partial charge in [0.1, 0.15) is 4.47 Å². The first kappa shape index (κ1) is 17.8. The molecule has 0 unspecified atom stereocenters. The molecule has 1 aromatic carbocycles. The van der Waals surface area contributed by atoms with Crippen molar-refractivity contribution >= 4 is 50.7 Å². The van der Waals surface area contributed by atoms with Gasteiger partial charge in [-0.15, -0.1) is 0 Å². The lowest BCUT2D eigenvalue weighted by atomic mass is 10.2. The molecule has 1 amide bonds. The number of hydrogen-bond donors (Lipinski definition) is 2. The van der Waals surface area contributed by atoms with Gasteiger partial charge in [0.2, 0.25) is 0 Å². The van der Waals surface area contributed by atoms with Crippen molar-refractivity contribution < 1.29 is 4.79 Å². The van der Waals surface area contributed by atoms with E-state index in [9.17, 15) is 9.59 Å². The number of rotatable bonds is 5. The van der Waals surface area contributed by atoms with Crippen LogP contribution in [0, 0.1) is 0 Å². The summed E-state index contributed by atoms with van der Waals surface area (Å²) in [7, 11) is 1.56. The number of nitrogens with one attached hydrogen (secondary N) is 2. The van der Waals surface area contributed by atoms with E-state index in [-0.39, 0.29) is 11.5 Å². The highest BCUT2D eigenvalue weighted by Gasteiger charge is 2.08. The maximum atomic E-state index is 12.0. The van der Waals surface area contributed by atoms with Crippen LogP contribution in [-0.2, 0) is 7.05 Å². The molecule has 1 aromatic heterocycles. The molecule has 0 atom stereocenters. The summed E-state index contributed by atoms with van der Waals surface area (Å²) in [5, 5.41) is 10.4. The number of hydrogen-bond acceptors (Lipinski definition) is 4. The Hall–Kier alpha value is -1.57.